The fourth-order valence-corrected chi connectivity index (χ4v) is 0.866. The first-order valence-electron chi connectivity index (χ1n) is 3.81. The van der Waals surface area contributed by atoms with E-state index in [2.05, 4.69) is 15.0 Å². The molecule has 0 aliphatic heterocycles. The van der Waals surface area contributed by atoms with Crippen molar-refractivity contribution >= 4 is 5.97 Å². The van der Waals surface area contributed by atoms with E-state index in [0.717, 1.165) is 0 Å². The van der Waals surface area contributed by atoms with Gasteiger partial charge < -0.3 is 10.5 Å². The normalized spacial score (nSPS) is 11.8. The topological polar surface area (TPSA) is 107 Å². The van der Waals surface area contributed by atoms with Crippen LogP contribution < -0.4 is 5.73 Å². The van der Waals surface area contributed by atoms with Crippen molar-refractivity contribution in [3.8, 4) is 6.07 Å². The van der Waals surface area contributed by atoms with Gasteiger partial charge in [0.1, 0.15) is 12.1 Å². The zero-order valence-electron chi connectivity index (χ0n) is 7.54. The smallest absolute Gasteiger partial charge is 0.324 e. The summed E-state index contributed by atoms with van der Waals surface area (Å²) in [6, 6.07) is 1.01. The molecule has 14 heavy (non-hydrogen) atoms. The van der Waals surface area contributed by atoms with E-state index in [1.54, 1.807) is 0 Å². The number of aromatic nitrogens is 3. The van der Waals surface area contributed by atoms with Crippen LogP contribution in [0.25, 0.3) is 0 Å². The van der Waals surface area contributed by atoms with E-state index in [9.17, 15) is 4.79 Å². The van der Waals surface area contributed by atoms with Crippen LogP contribution in [0, 0.1) is 11.3 Å². The third-order valence-corrected chi connectivity index (χ3v) is 1.54. The third kappa shape index (κ3) is 2.27. The number of hydrogen-bond donors (Lipinski definition) is 1. The van der Waals surface area contributed by atoms with E-state index in [4.69, 9.17) is 11.0 Å². The summed E-state index contributed by atoms with van der Waals surface area (Å²) in [5, 5.41) is 15.6. The van der Waals surface area contributed by atoms with E-state index < -0.39 is 12.0 Å². The Balaban J connectivity index is 2.61. The highest BCUT2D eigenvalue weighted by Gasteiger charge is 2.14. The average Bonchev–Trinajstić information content (AvgIpc) is 2.64. The van der Waals surface area contributed by atoms with Crippen molar-refractivity contribution < 1.29 is 9.53 Å². The number of nitrogens with zero attached hydrogens (tertiary/aromatic N) is 4. The number of nitrogens with two attached hydrogens (primary N) is 1. The van der Waals surface area contributed by atoms with Crippen LogP contribution in [0.2, 0.25) is 0 Å². The van der Waals surface area contributed by atoms with Gasteiger partial charge in [-0.1, -0.05) is 5.21 Å². The fraction of sp³-hybridized carbons (Fsp3) is 0.429. The molecule has 0 aromatic carbocycles. The van der Waals surface area contributed by atoms with Crippen molar-refractivity contribution in [3.05, 3.63) is 11.9 Å². The van der Waals surface area contributed by atoms with Crippen molar-refractivity contribution in [2.75, 3.05) is 7.11 Å². The Morgan fingerprint density at radius 2 is 2.64 bits per heavy atom. The van der Waals surface area contributed by atoms with Gasteiger partial charge in [0.25, 0.3) is 0 Å². The fourth-order valence-electron chi connectivity index (χ4n) is 0.866. The monoisotopic (exact) mass is 195 g/mol. The molecule has 1 heterocycles. The molecule has 1 unspecified atom stereocenters. The standard InChI is InChI=1S/C7H9N5O2/c1-14-7(13)6(9)4-12-3-5(2-8)10-11-12/h3,6H,4,9H2,1H3. The Bertz CT molecular complexity index is 366. The second kappa shape index (κ2) is 4.34. The van der Waals surface area contributed by atoms with Crippen molar-refractivity contribution in [1.29, 1.82) is 5.26 Å². The van der Waals surface area contributed by atoms with Crippen LogP contribution >= 0.6 is 0 Å². The minimum atomic E-state index is -0.798. The van der Waals surface area contributed by atoms with Crippen LogP contribution in [0.1, 0.15) is 5.69 Å². The molecule has 0 bridgehead atoms. The number of carbonyl (C=O) groups excluding carboxylic acids is 1. The summed E-state index contributed by atoms with van der Waals surface area (Å²) in [5.41, 5.74) is 5.65. The van der Waals surface area contributed by atoms with E-state index in [-0.39, 0.29) is 12.2 Å². The summed E-state index contributed by atoms with van der Waals surface area (Å²) in [6.07, 6.45) is 1.41. The molecule has 74 valence electrons. The molecule has 0 aliphatic carbocycles. The van der Waals surface area contributed by atoms with Crippen LogP contribution in [0.4, 0.5) is 0 Å². The van der Waals surface area contributed by atoms with E-state index in [1.807, 2.05) is 6.07 Å². The molecule has 7 heteroatoms. The molecule has 1 aromatic heterocycles. The van der Waals surface area contributed by atoms with Gasteiger partial charge in [-0.25, -0.2) is 4.68 Å². The Labute approximate surface area is 80.1 Å². The minimum absolute atomic E-state index is 0.140. The molecule has 7 nitrogen and oxygen atoms in total. The molecule has 0 aliphatic rings. The summed E-state index contributed by atoms with van der Waals surface area (Å²) < 4.78 is 5.75. The van der Waals surface area contributed by atoms with Crippen LogP contribution in [-0.2, 0) is 16.1 Å². The molecule has 0 amide bonds. The van der Waals surface area contributed by atoms with Crippen molar-refractivity contribution in [3.63, 3.8) is 0 Å². The Kier molecular flexibility index (Phi) is 3.14. The summed E-state index contributed by atoms with van der Waals surface area (Å²) in [6.45, 7) is 0.140. The minimum Gasteiger partial charge on any atom is -0.468 e. The number of ether oxygens (including phenoxy) is 1. The van der Waals surface area contributed by atoms with Gasteiger partial charge in [0, 0.05) is 0 Å². The number of carbonyl (C=O) groups is 1. The molecule has 0 radical (unpaired) electrons. The highest BCUT2D eigenvalue weighted by molar-refractivity contribution is 5.75. The van der Waals surface area contributed by atoms with Crippen LogP contribution in [0.15, 0.2) is 6.20 Å². The lowest BCUT2D eigenvalue weighted by Gasteiger charge is -2.07. The Hall–Kier alpha value is -1.94. The second-order valence-electron chi connectivity index (χ2n) is 2.57. The van der Waals surface area contributed by atoms with Crippen LogP contribution in [-0.4, -0.2) is 34.1 Å². The summed E-state index contributed by atoms with van der Waals surface area (Å²) >= 11 is 0. The quantitative estimate of drug-likeness (QED) is 0.597. The van der Waals surface area contributed by atoms with Crippen molar-refractivity contribution in [2.45, 2.75) is 12.6 Å². The van der Waals surface area contributed by atoms with Gasteiger partial charge in [0.15, 0.2) is 5.69 Å². The molecule has 0 saturated heterocycles. The van der Waals surface area contributed by atoms with Gasteiger partial charge in [-0.05, 0) is 0 Å². The molecule has 2 N–H and O–H groups in total. The number of nitriles is 1. The number of esters is 1. The third-order valence-electron chi connectivity index (χ3n) is 1.54. The molecule has 0 saturated carbocycles. The first-order chi connectivity index (χ1) is 6.67. The second-order valence-corrected chi connectivity index (χ2v) is 2.57. The van der Waals surface area contributed by atoms with Gasteiger partial charge in [0.2, 0.25) is 0 Å². The maximum absolute atomic E-state index is 10.9. The molecule has 1 atom stereocenters. The van der Waals surface area contributed by atoms with Gasteiger partial charge >= 0.3 is 5.97 Å². The first kappa shape index (κ1) is 10.1. The molecule has 1 aromatic rings. The van der Waals surface area contributed by atoms with E-state index in [0.29, 0.717) is 0 Å². The molecular weight excluding hydrogens is 186 g/mol. The summed E-state index contributed by atoms with van der Waals surface area (Å²) in [4.78, 5) is 10.9. The van der Waals surface area contributed by atoms with E-state index in [1.165, 1.54) is 18.0 Å². The first-order valence-corrected chi connectivity index (χ1v) is 3.81. The lowest BCUT2D eigenvalue weighted by molar-refractivity contribution is -0.142. The van der Waals surface area contributed by atoms with Gasteiger partial charge in [-0.3, -0.25) is 4.79 Å². The molecular formula is C7H9N5O2. The maximum Gasteiger partial charge on any atom is 0.324 e. The van der Waals surface area contributed by atoms with E-state index >= 15 is 0 Å². The highest BCUT2D eigenvalue weighted by Crippen LogP contribution is 1.93. The zero-order chi connectivity index (χ0) is 10.6. The zero-order valence-corrected chi connectivity index (χ0v) is 7.54. The SMILES string of the molecule is COC(=O)C(N)Cn1cc(C#N)nn1. The summed E-state index contributed by atoms with van der Waals surface area (Å²) in [7, 11) is 1.25. The van der Waals surface area contributed by atoms with Gasteiger partial charge in [0.05, 0.1) is 19.9 Å². The number of rotatable bonds is 3. The van der Waals surface area contributed by atoms with Gasteiger partial charge in [-0.2, -0.15) is 5.26 Å². The van der Waals surface area contributed by atoms with Crippen LogP contribution in [0.5, 0.6) is 0 Å². The molecule has 0 fully saturated rings. The Morgan fingerprint density at radius 1 is 1.93 bits per heavy atom. The molecule has 1 rings (SSSR count). The van der Waals surface area contributed by atoms with Gasteiger partial charge in [-0.15, -0.1) is 5.10 Å². The lowest BCUT2D eigenvalue weighted by Crippen LogP contribution is -2.36. The van der Waals surface area contributed by atoms with Crippen LogP contribution in [0.3, 0.4) is 0 Å². The predicted octanol–water partition coefficient (Wildman–Crippen LogP) is -1.35. The van der Waals surface area contributed by atoms with Crippen molar-refractivity contribution in [2.24, 2.45) is 5.73 Å². The lowest BCUT2D eigenvalue weighted by atomic mass is 10.3. The Morgan fingerprint density at radius 3 is 3.14 bits per heavy atom. The average molecular weight is 195 g/mol. The van der Waals surface area contributed by atoms with Crippen molar-refractivity contribution in [1.82, 2.24) is 15.0 Å². The maximum atomic E-state index is 10.9. The highest BCUT2D eigenvalue weighted by atomic mass is 16.5. The number of methoxy groups -OCH3 is 1. The molecule has 0 spiro atoms. The number of hydrogen-bond acceptors (Lipinski definition) is 6. The predicted molar refractivity (Wildman–Crippen MR) is 44.7 cm³/mol. The largest absolute Gasteiger partial charge is 0.468 e. The summed E-state index contributed by atoms with van der Waals surface area (Å²) in [5.74, 6) is -0.529.